The van der Waals surface area contributed by atoms with Crippen molar-refractivity contribution in [3.8, 4) is 11.5 Å². The van der Waals surface area contributed by atoms with Gasteiger partial charge in [0.15, 0.2) is 0 Å². The number of phenolic OH excluding ortho intramolecular Hbond substituents is 1. The molecule has 0 unspecified atom stereocenters. The summed E-state index contributed by atoms with van der Waals surface area (Å²) in [6, 6.07) is 7.53. The van der Waals surface area contributed by atoms with Gasteiger partial charge in [-0.1, -0.05) is 38.1 Å². The van der Waals surface area contributed by atoms with Gasteiger partial charge in [0.25, 0.3) is 0 Å². The van der Waals surface area contributed by atoms with Crippen LogP contribution in [0.25, 0.3) is 12.2 Å². The number of benzene rings is 2. The molecular formula is C22H23F3O4. The second-order valence-electron chi connectivity index (χ2n) is 6.41. The minimum absolute atomic E-state index is 0.0486. The molecule has 0 atom stereocenters. The van der Waals surface area contributed by atoms with E-state index in [-0.39, 0.29) is 17.4 Å². The zero-order valence-corrected chi connectivity index (χ0v) is 16.4. The van der Waals surface area contributed by atoms with E-state index in [4.69, 9.17) is 9.47 Å². The fraction of sp³-hybridized carbons (Fsp3) is 0.318. The first kappa shape index (κ1) is 22.3. The summed E-state index contributed by atoms with van der Waals surface area (Å²) in [6.45, 7) is 3.95. The normalized spacial score (nSPS) is 11.8. The predicted octanol–water partition coefficient (Wildman–Crippen LogP) is 5.94. The molecule has 0 aliphatic carbocycles. The van der Waals surface area contributed by atoms with Gasteiger partial charge in [-0.2, -0.15) is 13.2 Å². The quantitative estimate of drug-likeness (QED) is 0.455. The summed E-state index contributed by atoms with van der Waals surface area (Å²) in [6.07, 6.45) is 0.147. The third kappa shape index (κ3) is 5.76. The van der Waals surface area contributed by atoms with Gasteiger partial charge in [0.05, 0.1) is 18.8 Å². The molecule has 1 N–H and O–H groups in total. The molecule has 29 heavy (non-hydrogen) atoms. The highest BCUT2D eigenvalue weighted by Gasteiger charge is 2.29. The molecule has 0 aliphatic heterocycles. The number of carbonyl (C=O) groups excluding carboxylic acids is 1. The second kappa shape index (κ2) is 9.49. The maximum Gasteiger partial charge on any atom is 0.416 e. The first-order valence-corrected chi connectivity index (χ1v) is 9.16. The molecule has 4 nitrogen and oxygen atoms in total. The fourth-order valence-corrected chi connectivity index (χ4v) is 2.76. The van der Waals surface area contributed by atoms with Crippen LogP contribution in [0.4, 0.5) is 13.2 Å². The third-order valence-corrected chi connectivity index (χ3v) is 4.42. The van der Waals surface area contributed by atoms with Crippen LogP contribution in [-0.4, -0.2) is 24.3 Å². The van der Waals surface area contributed by atoms with Gasteiger partial charge in [-0.3, -0.25) is 0 Å². The van der Waals surface area contributed by atoms with Crippen molar-refractivity contribution < 1.29 is 32.5 Å². The van der Waals surface area contributed by atoms with Gasteiger partial charge in [-0.15, -0.1) is 0 Å². The molecule has 156 valence electrons. The van der Waals surface area contributed by atoms with Gasteiger partial charge in [0.1, 0.15) is 17.1 Å². The minimum Gasteiger partial charge on any atom is -0.507 e. The van der Waals surface area contributed by atoms with Crippen LogP contribution in [0.5, 0.6) is 11.5 Å². The van der Waals surface area contributed by atoms with Crippen molar-refractivity contribution in [2.75, 3.05) is 7.11 Å². The van der Waals surface area contributed by atoms with Crippen LogP contribution in [-0.2, 0) is 10.9 Å². The van der Waals surface area contributed by atoms with Crippen LogP contribution in [0.1, 0.15) is 53.7 Å². The Morgan fingerprint density at radius 2 is 1.72 bits per heavy atom. The lowest BCUT2D eigenvalue weighted by atomic mass is 10.0. The second-order valence-corrected chi connectivity index (χ2v) is 6.41. The highest BCUT2D eigenvalue weighted by Crippen LogP contribution is 2.32. The standard InChI is InChI=1S/C22H23F3O4/c1-4-17(5-2)29-18-12-15(20(19(26)13-18)21(27)28-3)9-6-14-7-10-16(11-8-14)22(23,24)25/h6-13,17,26H,4-5H2,1-3H3/b9-6+. The number of esters is 1. The molecule has 2 rings (SSSR count). The van der Waals surface area contributed by atoms with Gasteiger partial charge in [0.2, 0.25) is 0 Å². The Bertz CT molecular complexity index is 867. The van der Waals surface area contributed by atoms with Crippen LogP contribution in [0, 0.1) is 0 Å². The smallest absolute Gasteiger partial charge is 0.416 e. The van der Waals surface area contributed by atoms with Gasteiger partial charge in [-0.25, -0.2) is 4.79 Å². The Labute approximate surface area is 167 Å². The molecule has 0 saturated heterocycles. The average Bonchev–Trinajstić information content (AvgIpc) is 2.69. The van der Waals surface area contributed by atoms with Gasteiger partial charge >= 0.3 is 12.1 Å². The number of rotatable bonds is 7. The van der Waals surface area contributed by atoms with Crippen LogP contribution < -0.4 is 4.74 Å². The third-order valence-electron chi connectivity index (χ3n) is 4.42. The Morgan fingerprint density at radius 3 is 2.24 bits per heavy atom. The van der Waals surface area contributed by atoms with E-state index in [0.29, 0.717) is 16.9 Å². The van der Waals surface area contributed by atoms with Gasteiger partial charge in [0, 0.05) is 6.07 Å². The minimum atomic E-state index is -4.41. The zero-order valence-electron chi connectivity index (χ0n) is 16.4. The molecule has 2 aromatic rings. The lowest BCUT2D eigenvalue weighted by Gasteiger charge is -2.17. The molecule has 0 saturated carbocycles. The predicted molar refractivity (Wildman–Crippen MR) is 105 cm³/mol. The molecule has 0 radical (unpaired) electrons. The molecule has 0 heterocycles. The van der Waals surface area contributed by atoms with E-state index in [2.05, 4.69) is 0 Å². The van der Waals surface area contributed by atoms with Crippen molar-refractivity contribution in [2.24, 2.45) is 0 Å². The molecule has 7 heteroatoms. The first-order valence-electron chi connectivity index (χ1n) is 9.16. The number of carbonyl (C=O) groups is 1. The van der Waals surface area contributed by atoms with E-state index < -0.39 is 17.7 Å². The maximum atomic E-state index is 12.7. The largest absolute Gasteiger partial charge is 0.507 e. The van der Waals surface area contributed by atoms with E-state index in [0.717, 1.165) is 25.0 Å². The van der Waals surface area contributed by atoms with Crippen LogP contribution >= 0.6 is 0 Å². The van der Waals surface area contributed by atoms with Crippen molar-refractivity contribution in [3.05, 3.63) is 58.7 Å². The number of hydrogen-bond acceptors (Lipinski definition) is 4. The van der Waals surface area contributed by atoms with Crippen LogP contribution in [0.2, 0.25) is 0 Å². The van der Waals surface area contributed by atoms with Crippen molar-refractivity contribution >= 4 is 18.1 Å². The highest BCUT2D eigenvalue weighted by atomic mass is 19.4. The summed E-state index contributed by atoms with van der Waals surface area (Å²) in [4.78, 5) is 12.1. The van der Waals surface area contributed by atoms with E-state index in [1.807, 2.05) is 13.8 Å². The van der Waals surface area contributed by atoms with Crippen molar-refractivity contribution in [1.82, 2.24) is 0 Å². The van der Waals surface area contributed by atoms with E-state index >= 15 is 0 Å². The molecule has 0 fully saturated rings. The fourth-order valence-electron chi connectivity index (χ4n) is 2.76. The van der Waals surface area contributed by atoms with Crippen molar-refractivity contribution in [1.29, 1.82) is 0 Å². The lowest BCUT2D eigenvalue weighted by Crippen LogP contribution is -2.14. The number of alkyl halides is 3. The molecule has 0 bridgehead atoms. The number of hydrogen-bond donors (Lipinski definition) is 1. The monoisotopic (exact) mass is 408 g/mol. The van der Waals surface area contributed by atoms with E-state index in [1.54, 1.807) is 12.1 Å². The van der Waals surface area contributed by atoms with Gasteiger partial charge < -0.3 is 14.6 Å². The SMILES string of the molecule is CCC(CC)Oc1cc(O)c(C(=O)OC)c(/C=C/c2ccc(C(F)(F)F)cc2)c1. The number of phenols is 1. The summed E-state index contributed by atoms with van der Waals surface area (Å²) in [7, 11) is 1.19. The number of methoxy groups -OCH3 is 1. The zero-order chi connectivity index (χ0) is 21.6. The molecule has 0 aliphatic rings. The molecule has 0 spiro atoms. The highest BCUT2D eigenvalue weighted by molar-refractivity contribution is 5.98. The maximum absolute atomic E-state index is 12.7. The molecule has 2 aromatic carbocycles. The summed E-state index contributed by atoms with van der Waals surface area (Å²) in [5.74, 6) is -0.646. The Morgan fingerprint density at radius 1 is 1.10 bits per heavy atom. The van der Waals surface area contributed by atoms with Crippen LogP contribution in [0.15, 0.2) is 36.4 Å². The lowest BCUT2D eigenvalue weighted by molar-refractivity contribution is -0.137. The summed E-state index contributed by atoms with van der Waals surface area (Å²) >= 11 is 0. The molecule has 0 aromatic heterocycles. The summed E-state index contributed by atoms with van der Waals surface area (Å²) in [5.41, 5.74) is 0.0352. The summed E-state index contributed by atoms with van der Waals surface area (Å²) < 4.78 is 48.6. The van der Waals surface area contributed by atoms with Crippen LogP contribution in [0.3, 0.4) is 0 Å². The van der Waals surface area contributed by atoms with E-state index in [9.17, 15) is 23.1 Å². The average molecular weight is 408 g/mol. The van der Waals surface area contributed by atoms with Gasteiger partial charge in [-0.05, 0) is 42.2 Å². The first-order chi connectivity index (χ1) is 13.7. The number of ether oxygens (including phenoxy) is 2. The molecule has 0 amide bonds. The van der Waals surface area contributed by atoms with E-state index in [1.165, 1.54) is 31.4 Å². The molecular weight excluding hydrogens is 385 g/mol. The Kier molecular flexibility index (Phi) is 7.31. The van der Waals surface area contributed by atoms with Crippen molar-refractivity contribution in [2.45, 2.75) is 39.0 Å². The topological polar surface area (TPSA) is 55.8 Å². The Balaban J connectivity index is 2.41. The number of halogens is 3. The number of aromatic hydroxyl groups is 1. The summed E-state index contributed by atoms with van der Waals surface area (Å²) in [5, 5.41) is 10.3. The van der Waals surface area contributed by atoms with Crippen molar-refractivity contribution in [3.63, 3.8) is 0 Å². The Hall–Kier alpha value is -2.96.